The van der Waals surface area contributed by atoms with Crippen LogP contribution in [0.3, 0.4) is 0 Å². The van der Waals surface area contributed by atoms with Gasteiger partial charge in [-0.25, -0.2) is 4.99 Å². The van der Waals surface area contributed by atoms with Crippen LogP contribution in [-0.4, -0.2) is 29.4 Å². The van der Waals surface area contributed by atoms with Gasteiger partial charge in [-0.15, -0.1) is 24.5 Å². The van der Waals surface area contributed by atoms with Gasteiger partial charge in [0.05, 0.1) is 0 Å². The first-order valence-corrected chi connectivity index (χ1v) is 13.8. The van der Waals surface area contributed by atoms with Gasteiger partial charge in [-0.05, 0) is 31.2 Å². The number of hydrogen-bond acceptors (Lipinski definition) is 3. The van der Waals surface area contributed by atoms with Crippen molar-refractivity contribution in [2.75, 3.05) is 19.3 Å². The first-order chi connectivity index (χ1) is 15.1. The SMILES string of the molecule is C=CCS/C(=N/c1sc2c(c1C=C)CCCC2)N(C)CC=C.CC.CCCCCCC. The first-order valence-electron chi connectivity index (χ1n) is 12.0. The van der Waals surface area contributed by atoms with Crippen molar-refractivity contribution in [3.05, 3.63) is 47.9 Å². The molecular weight excluding hydrogens is 416 g/mol. The molecule has 1 aromatic heterocycles. The van der Waals surface area contributed by atoms with Crippen molar-refractivity contribution in [2.45, 2.75) is 85.5 Å². The highest BCUT2D eigenvalue weighted by molar-refractivity contribution is 8.13. The van der Waals surface area contributed by atoms with Gasteiger partial charge < -0.3 is 4.90 Å². The molecule has 0 bridgehead atoms. The smallest absolute Gasteiger partial charge is 0.165 e. The standard InChI is InChI=1S/C18H24N2S2.C7H16.C2H6/c1-5-12-20(4)18(21-13-6-2)19-17-14(7-3)15-10-8-9-11-16(15)22-17;1-3-5-7-6-4-2;1-2/h5-7H,1-3,8-13H2,4H3;3-7H2,1-2H3;1-2H3/b19-18+;;. The zero-order valence-electron chi connectivity index (χ0n) is 20.8. The maximum absolute atomic E-state index is 4.95. The summed E-state index contributed by atoms with van der Waals surface area (Å²) < 4.78 is 0. The Morgan fingerprint density at radius 3 is 2.23 bits per heavy atom. The summed E-state index contributed by atoms with van der Waals surface area (Å²) >= 11 is 3.55. The van der Waals surface area contributed by atoms with Crippen molar-refractivity contribution in [1.29, 1.82) is 0 Å². The molecule has 4 heteroatoms. The van der Waals surface area contributed by atoms with E-state index in [0.717, 1.165) is 22.5 Å². The topological polar surface area (TPSA) is 15.6 Å². The third kappa shape index (κ3) is 11.2. The number of unbranched alkanes of at least 4 members (excludes halogenated alkanes) is 4. The molecule has 0 fully saturated rings. The Morgan fingerprint density at radius 2 is 1.68 bits per heavy atom. The first kappa shape index (κ1) is 29.7. The number of nitrogens with zero attached hydrogens (tertiary/aromatic N) is 2. The number of thioether (sulfide) groups is 1. The van der Waals surface area contributed by atoms with E-state index in [1.165, 1.54) is 73.8 Å². The minimum Gasteiger partial charge on any atom is -0.351 e. The van der Waals surface area contributed by atoms with E-state index in [4.69, 9.17) is 4.99 Å². The van der Waals surface area contributed by atoms with E-state index in [-0.39, 0.29) is 0 Å². The molecule has 0 aromatic carbocycles. The monoisotopic (exact) mass is 462 g/mol. The summed E-state index contributed by atoms with van der Waals surface area (Å²) in [5.41, 5.74) is 2.72. The van der Waals surface area contributed by atoms with Gasteiger partial charge in [0, 0.05) is 29.8 Å². The molecule has 1 aliphatic rings. The van der Waals surface area contributed by atoms with E-state index in [1.54, 1.807) is 11.8 Å². The molecule has 0 saturated carbocycles. The normalized spacial score (nSPS) is 12.5. The fourth-order valence-corrected chi connectivity index (χ4v) is 5.31. The van der Waals surface area contributed by atoms with E-state index in [1.807, 2.05) is 43.4 Å². The van der Waals surface area contributed by atoms with Crippen molar-refractivity contribution < 1.29 is 0 Å². The van der Waals surface area contributed by atoms with Crippen molar-refractivity contribution in [3.8, 4) is 0 Å². The Balaban J connectivity index is 0.000000852. The van der Waals surface area contributed by atoms with Gasteiger partial charge in [0.1, 0.15) is 5.00 Å². The van der Waals surface area contributed by atoms with Crippen LogP contribution in [0.15, 0.2) is 36.9 Å². The van der Waals surface area contributed by atoms with Gasteiger partial charge >= 0.3 is 0 Å². The van der Waals surface area contributed by atoms with Crippen LogP contribution in [0, 0.1) is 0 Å². The lowest BCUT2D eigenvalue weighted by atomic mass is 9.96. The second-order valence-electron chi connectivity index (χ2n) is 7.36. The highest BCUT2D eigenvalue weighted by Gasteiger charge is 2.19. The summed E-state index contributed by atoms with van der Waals surface area (Å²) in [6, 6.07) is 0. The zero-order valence-corrected chi connectivity index (χ0v) is 22.5. The Labute approximate surface area is 201 Å². The Hall–Kier alpha value is -1.26. The van der Waals surface area contributed by atoms with Crippen LogP contribution in [0.1, 0.15) is 88.6 Å². The van der Waals surface area contributed by atoms with E-state index >= 15 is 0 Å². The van der Waals surface area contributed by atoms with E-state index in [2.05, 4.69) is 45.5 Å². The highest BCUT2D eigenvalue weighted by Crippen LogP contribution is 2.41. The van der Waals surface area contributed by atoms with Crippen molar-refractivity contribution in [2.24, 2.45) is 4.99 Å². The number of aryl methyl sites for hydroxylation is 1. The molecule has 0 atom stereocenters. The molecular formula is C27H46N2S2. The lowest BCUT2D eigenvalue weighted by Gasteiger charge is -2.18. The summed E-state index contributed by atoms with van der Waals surface area (Å²) in [5.74, 6) is 0.856. The number of thiophene rings is 1. The van der Waals surface area contributed by atoms with Crippen LogP contribution < -0.4 is 0 Å². The second-order valence-corrected chi connectivity index (χ2v) is 9.43. The maximum Gasteiger partial charge on any atom is 0.165 e. The highest BCUT2D eigenvalue weighted by atomic mass is 32.2. The summed E-state index contributed by atoms with van der Waals surface area (Å²) in [4.78, 5) is 8.58. The van der Waals surface area contributed by atoms with Crippen LogP contribution in [0.5, 0.6) is 0 Å². The van der Waals surface area contributed by atoms with Crippen molar-refractivity contribution in [3.63, 3.8) is 0 Å². The molecule has 2 nitrogen and oxygen atoms in total. The van der Waals surface area contributed by atoms with E-state index in [0.29, 0.717) is 0 Å². The van der Waals surface area contributed by atoms with Gasteiger partial charge in [-0.1, -0.05) is 96.4 Å². The number of amidine groups is 1. The second kappa shape index (κ2) is 19.4. The summed E-state index contributed by atoms with van der Waals surface area (Å²) in [6.07, 6.45) is 17.7. The number of fused-ring (bicyclic) bond motifs is 1. The molecule has 0 N–H and O–H groups in total. The fourth-order valence-electron chi connectivity index (χ4n) is 3.27. The molecule has 176 valence electrons. The van der Waals surface area contributed by atoms with Gasteiger partial charge in [0.2, 0.25) is 0 Å². The molecule has 0 radical (unpaired) electrons. The number of rotatable bonds is 10. The minimum atomic E-state index is 0.789. The van der Waals surface area contributed by atoms with Gasteiger partial charge in [0.25, 0.3) is 0 Å². The average molecular weight is 463 g/mol. The summed E-state index contributed by atoms with van der Waals surface area (Å²) in [6.45, 7) is 20.9. The van der Waals surface area contributed by atoms with Crippen LogP contribution in [-0.2, 0) is 12.8 Å². The lowest BCUT2D eigenvalue weighted by Crippen LogP contribution is -2.24. The van der Waals surface area contributed by atoms with E-state index in [9.17, 15) is 0 Å². The van der Waals surface area contributed by atoms with Crippen LogP contribution >= 0.6 is 23.1 Å². The lowest BCUT2D eigenvalue weighted by molar-refractivity contribution is 0.577. The molecule has 0 unspecified atom stereocenters. The zero-order chi connectivity index (χ0) is 23.5. The molecule has 1 heterocycles. The van der Waals surface area contributed by atoms with Gasteiger partial charge in [-0.2, -0.15) is 0 Å². The van der Waals surface area contributed by atoms with Crippen molar-refractivity contribution in [1.82, 2.24) is 4.90 Å². The Kier molecular flexibility index (Phi) is 18.6. The van der Waals surface area contributed by atoms with Gasteiger partial charge in [-0.3, -0.25) is 0 Å². The Bertz CT molecular complexity index is 654. The molecule has 0 aliphatic heterocycles. The maximum atomic E-state index is 4.95. The third-order valence-corrected chi connectivity index (χ3v) is 7.13. The van der Waals surface area contributed by atoms with Crippen LogP contribution in [0.2, 0.25) is 0 Å². The molecule has 1 aliphatic carbocycles. The van der Waals surface area contributed by atoms with E-state index < -0.39 is 0 Å². The largest absolute Gasteiger partial charge is 0.351 e. The molecule has 1 aromatic rings. The van der Waals surface area contributed by atoms with Crippen molar-refractivity contribution >= 4 is 39.3 Å². The summed E-state index contributed by atoms with van der Waals surface area (Å²) in [5, 5.41) is 2.12. The molecule has 0 spiro atoms. The predicted molar refractivity (Wildman–Crippen MR) is 149 cm³/mol. The third-order valence-electron chi connectivity index (χ3n) is 4.86. The average Bonchev–Trinajstić information content (AvgIpc) is 3.16. The Morgan fingerprint density at radius 1 is 1.03 bits per heavy atom. The van der Waals surface area contributed by atoms with Gasteiger partial charge in [0.15, 0.2) is 5.17 Å². The number of hydrogen-bond donors (Lipinski definition) is 0. The molecule has 0 amide bonds. The molecule has 0 saturated heterocycles. The quantitative estimate of drug-likeness (QED) is 0.149. The molecule has 2 rings (SSSR count). The van der Waals surface area contributed by atoms with Crippen LogP contribution in [0.4, 0.5) is 5.00 Å². The molecule has 31 heavy (non-hydrogen) atoms. The fraction of sp³-hybridized carbons (Fsp3) is 0.593. The minimum absolute atomic E-state index is 0.789. The van der Waals surface area contributed by atoms with Crippen LogP contribution in [0.25, 0.3) is 6.08 Å². The number of likely N-dealkylation sites (N-methyl/N-ethyl adjacent to an activating group) is 1. The number of aliphatic imine (C=N–C) groups is 1. The summed E-state index contributed by atoms with van der Waals surface area (Å²) in [7, 11) is 2.05. The predicted octanol–water partition coefficient (Wildman–Crippen LogP) is 9.30.